The van der Waals surface area contributed by atoms with Gasteiger partial charge in [0.2, 0.25) is 0 Å². The van der Waals surface area contributed by atoms with Gasteiger partial charge < -0.3 is 4.74 Å². The topological polar surface area (TPSA) is 26.3 Å². The van der Waals surface area contributed by atoms with E-state index < -0.39 is 0 Å². The molecule has 2 atom stereocenters. The van der Waals surface area contributed by atoms with E-state index in [4.69, 9.17) is 4.74 Å². The molecular formula is C11H14O2S. The molecule has 0 radical (unpaired) electrons. The standard InChI is InChI=1S/C11H14O2S/c1-7-4-5-14-9(7)11(6-8(11)2)10(12)13-3/h4-5,8H,6H2,1-3H3. The summed E-state index contributed by atoms with van der Waals surface area (Å²) in [6.07, 6.45) is 0.932. The minimum atomic E-state index is -0.312. The highest BCUT2D eigenvalue weighted by Crippen LogP contribution is 2.57. The van der Waals surface area contributed by atoms with Gasteiger partial charge in [-0.2, -0.15) is 0 Å². The Kier molecular flexibility index (Phi) is 2.14. The van der Waals surface area contributed by atoms with Gasteiger partial charge in [0, 0.05) is 4.88 Å². The van der Waals surface area contributed by atoms with Crippen LogP contribution >= 0.6 is 11.3 Å². The molecule has 1 aromatic heterocycles. The van der Waals surface area contributed by atoms with E-state index in [9.17, 15) is 4.79 Å². The van der Waals surface area contributed by atoms with E-state index in [0.29, 0.717) is 5.92 Å². The van der Waals surface area contributed by atoms with Crippen molar-refractivity contribution < 1.29 is 9.53 Å². The molecule has 1 saturated carbocycles. The molecule has 1 aromatic rings. The first-order valence-corrected chi connectivity index (χ1v) is 5.64. The lowest BCUT2D eigenvalue weighted by atomic mass is 9.99. The van der Waals surface area contributed by atoms with Crippen LogP contribution in [0.3, 0.4) is 0 Å². The molecule has 0 aliphatic heterocycles. The van der Waals surface area contributed by atoms with Crippen LogP contribution in [0.15, 0.2) is 11.4 Å². The highest BCUT2D eigenvalue weighted by atomic mass is 32.1. The Bertz CT molecular complexity index is 369. The van der Waals surface area contributed by atoms with Gasteiger partial charge in [0.15, 0.2) is 0 Å². The van der Waals surface area contributed by atoms with Gasteiger partial charge in [0.25, 0.3) is 0 Å². The molecule has 3 heteroatoms. The molecule has 0 bridgehead atoms. The van der Waals surface area contributed by atoms with Gasteiger partial charge in [-0.3, -0.25) is 4.79 Å². The molecule has 0 aromatic carbocycles. The maximum atomic E-state index is 11.7. The fourth-order valence-corrected chi connectivity index (χ4v) is 3.37. The first-order chi connectivity index (χ1) is 6.63. The Morgan fingerprint density at radius 1 is 1.71 bits per heavy atom. The highest BCUT2D eigenvalue weighted by Gasteiger charge is 2.60. The van der Waals surface area contributed by atoms with Crippen LogP contribution in [-0.4, -0.2) is 13.1 Å². The molecular weight excluding hydrogens is 196 g/mol. The number of methoxy groups -OCH3 is 1. The average Bonchev–Trinajstić information content (AvgIpc) is 2.64. The first kappa shape index (κ1) is 9.71. The Morgan fingerprint density at radius 2 is 2.36 bits per heavy atom. The number of hydrogen-bond acceptors (Lipinski definition) is 3. The van der Waals surface area contributed by atoms with Crippen molar-refractivity contribution in [1.82, 2.24) is 0 Å². The lowest BCUT2D eigenvalue weighted by Gasteiger charge is -2.13. The molecule has 0 amide bonds. The summed E-state index contributed by atoms with van der Waals surface area (Å²) < 4.78 is 4.89. The summed E-state index contributed by atoms with van der Waals surface area (Å²) >= 11 is 1.67. The van der Waals surface area contributed by atoms with Crippen LogP contribution in [-0.2, 0) is 14.9 Å². The van der Waals surface area contributed by atoms with Crippen molar-refractivity contribution in [1.29, 1.82) is 0 Å². The van der Waals surface area contributed by atoms with Crippen molar-refractivity contribution in [3.8, 4) is 0 Å². The number of carbonyl (C=O) groups excluding carboxylic acids is 1. The zero-order chi connectivity index (χ0) is 10.3. The van der Waals surface area contributed by atoms with Gasteiger partial charge in [-0.15, -0.1) is 11.3 Å². The number of thiophene rings is 1. The minimum Gasteiger partial charge on any atom is -0.468 e. The van der Waals surface area contributed by atoms with Crippen LogP contribution < -0.4 is 0 Å². The van der Waals surface area contributed by atoms with Gasteiger partial charge in [0.05, 0.1) is 7.11 Å². The van der Waals surface area contributed by atoms with E-state index in [1.165, 1.54) is 17.6 Å². The largest absolute Gasteiger partial charge is 0.468 e. The molecule has 2 nitrogen and oxygen atoms in total. The first-order valence-electron chi connectivity index (χ1n) is 4.76. The van der Waals surface area contributed by atoms with Crippen LogP contribution in [0.4, 0.5) is 0 Å². The quantitative estimate of drug-likeness (QED) is 0.701. The summed E-state index contributed by atoms with van der Waals surface area (Å²) in [5, 5.41) is 2.04. The maximum Gasteiger partial charge on any atom is 0.317 e. The second kappa shape index (κ2) is 3.09. The molecule has 0 saturated heterocycles. The normalized spacial score (nSPS) is 30.1. The van der Waals surface area contributed by atoms with E-state index in [-0.39, 0.29) is 11.4 Å². The van der Waals surface area contributed by atoms with Crippen molar-refractivity contribution in [3.63, 3.8) is 0 Å². The lowest BCUT2D eigenvalue weighted by molar-refractivity contribution is -0.144. The number of hydrogen-bond donors (Lipinski definition) is 0. The molecule has 0 spiro atoms. The number of ether oxygens (including phenoxy) is 1. The van der Waals surface area contributed by atoms with Crippen molar-refractivity contribution >= 4 is 17.3 Å². The second-order valence-electron chi connectivity index (χ2n) is 4.00. The lowest BCUT2D eigenvalue weighted by Crippen LogP contribution is -2.23. The third-order valence-electron chi connectivity index (χ3n) is 3.13. The molecule has 0 N–H and O–H groups in total. The fraction of sp³-hybridized carbons (Fsp3) is 0.545. The van der Waals surface area contributed by atoms with Crippen LogP contribution in [0.2, 0.25) is 0 Å². The van der Waals surface area contributed by atoms with Crippen molar-refractivity contribution in [2.45, 2.75) is 25.7 Å². The maximum absolute atomic E-state index is 11.7. The molecule has 1 heterocycles. The summed E-state index contributed by atoms with van der Waals surface area (Å²) in [6.45, 7) is 4.16. The number of rotatable bonds is 2. The van der Waals surface area contributed by atoms with Crippen molar-refractivity contribution in [2.75, 3.05) is 7.11 Å². The van der Waals surface area contributed by atoms with Gasteiger partial charge in [-0.1, -0.05) is 6.92 Å². The van der Waals surface area contributed by atoms with Gasteiger partial charge >= 0.3 is 5.97 Å². The molecule has 1 aliphatic carbocycles. The predicted octanol–water partition coefficient (Wildman–Crippen LogP) is 2.51. The van der Waals surface area contributed by atoms with Gasteiger partial charge in [-0.25, -0.2) is 0 Å². The van der Waals surface area contributed by atoms with E-state index >= 15 is 0 Å². The summed E-state index contributed by atoms with van der Waals surface area (Å²) in [4.78, 5) is 12.9. The SMILES string of the molecule is COC(=O)C1(c2sccc2C)CC1C. The summed E-state index contributed by atoms with van der Waals surface area (Å²) in [6, 6.07) is 2.07. The van der Waals surface area contributed by atoms with Crippen LogP contribution in [0.25, 0.3) is 0 Å². The number of aryl methyl sites for hydroxylation is 1. The number of carbonyl (C=O) groups is 1. The Morgan fingerprint density at radius 3 is 2.71 bits per heavy atom. The molecule has 2 unspecified atom stereocenters. The monoisotopic (exact) mass is 210 g/mol. The molecule has 14 heavy (non-hydrogen) atoms. The van der Waals surface area contributed by atoms with Crippen molar-refractivity contribution in [3.05, 3.63) is 21.9 Å². The van der Waals surface area contributed by atoms with Crippen LogP contribution in [0, 0.1) is 12.8 Å². The molecule has 76 valence electrons. The predicted molar refractivity (Wildman–Crippen MR) is 56.5 cm³/mol. The van der Waals surface area contributed by atoms with Crippen molar-refractivity contribution in [2.24, 2.45) is 5.92 Å². The summed E-state index contributed by atoms with van der Waals surface area (Å²) in [7, 11) is 1.47. The summed E-state index contributed by atoms with van der Waals surface area (Å²) in [5.41, 5.74) is 0.900. The minimum absolute atomic E-state index is 0.0736. The van der Waals surface area contributed by atoms with Crippen LogP contribution in [0.5, 0.6) is 0 Å². The average molecular weight is 210 g/mol. The van der Waals surface area contributed by atoms with E-state index in [1.807, 2.05) is 5.38 Å². The summed E-state index contributed by atoms with van der Waals surface area (Å²) in [5.74, 6) is 0.350. The Labute approximate surface area is 87.9 Å². The zero-order valence-electron chi connectivity index (χ0n) is 8.66. The fourth-order valence-electron chi connectivity index (χ4n) is 2.13. The molecule has 2 rings (SSSR count). The third-order valence-corrected chi connectivity index (χ3v) is 4.32. The smallest absolute Gasteiger partial charge is 0.317 e. The second-order valence-corrected chi connectivity index (χ2v) is 4.92. The number of esters is 1. The van der Waals surface area contributed by atoms with Crippen LogP contribution in [0.1, 0.15) is 23.8 Å². The van der Waals surface area contributed by atoms with E-state index in [0.717, 1.165) is 6.42 Å². The molecule has 1 fully saturated rings. The van der Waals surface area contributed by atoms with Gasteiger partial charge in [0.1, 0.15) is 5.41 Å². The van der Waals surface area contributed by atoms with E-state index in [2.05, 4.69) is 19.9 Å². The molecule has 1 aliphatic rings. The third kappa shape index (κ3) is 1.12. The van der Waals surface area contributed by atoms with Gasteiger partial charge in [-0.05, 0) is 36.3 Å². The zero-order valence-corrected chi connectivity index (χ0v) is 9.48. The Balaban J connectivity index is 2.41. The van der Waals surface area contributed by atoms with E-state index in [1.54, 1.807) is 11.3 Å². The highest BCUT2D eigenvalue weighted by molar-refractivity contribution is 7.10. The Hall–Kier alpha value is -0.830.